The first-order valence-corrected chi connectivity index (χ1v) is 7.39. The number of nitrogens with one attached hydrogen (secondary N) is 2. The van der Waals surface area contributed by atoms with E-state index in [0.717, 1.165) is 19.0 Å². The molecule has 0 spiro atoms. The topological polar surface area (TPSA) is 44.4 Å². The highest BCUT2D eigenvalue weighted by Gasteiger charge is 2.15. The number of nitrogens with zero attached hydrogens (tertiary/aromatic N) is 1. The Kier molecular flexibility index (Phi) is 5.56. The Balaban J connectivity index is 1.73. The second-order valence-corrected chi connectivity index (χ2v) is 5.65. The second-order valence-electron chi connectivity index (χ2n) is 5.65. The number of amides is 1. The molecule has 0 bridgehead atoms. The van der Waals surface area contributed by atoms with Gasteiger partial charge < -0.3 is 15.5 Å². The van der Waals surface area contributed by atoms with E-state index in [-0.39, 0.29) is 5.91 Å². The van der Waals surface area contributed by atoms with Crippen molar-refractivity contribution in [2.24, 2.45) is 5.92 Å². The quantitative estimate of drug-likeness (QED) is 0.855. The van der Waals surface area contributed by atoms with Crippen LogP contribution in [0.3, 0.4) is 0 Å². The van der Waals surface area contributed by atoms with E-state index in [1.165, 1.54) is 31.5 Å². The number of carbonyl (C=O) groups is 1. The fourth-order valence-corrected chi connectivity index (χ4v) is 2.61. The molecule has 1 aliphatic heterocycles. The van der Waals surface area contributed by atoms with Gasteiger partial charge >= 0.3 is 0 Å². The summed E-state index contributed by atoms with van der Waals surface area (Å²) in [6.07, 6.45) is 2.58. The Labute approximate surface area is 121 Å². The molecule has 0 aliphatic carbocycles. The Bertz CT molecular complexity index is 422. The van der Waals surface area contributed by atoms with Crippen molar-refractivity contribution in [2.45, 2.75) is 19.4 Å². The molecule has 1 aromatic rings. The van der Waals surface area contributed by atoms with Crippen molar-refractivity contribution < 1.29 is 4.79 Å². The van der Waals surface area contributed by atoms with Crippen molar-refractivity contribution in [3.05, 3.63) is 35.4 Å². The van der Waals surface area contributed by atoms with Crippen molar-refractivity contribution >= 4 is 5.91 Å². The second kappa shape index (κ2) is 7.41. The average Bonchev–Trinajstić information content (AvgIpc) is 2.49. The summed E-state index contributed by atoms with van der Waals surface area (Å²) in [7, 11) is 3.84. The van der Waals surface area contributed by atoms with Gasteiger partial charge in [-0.05, 0) is 63.1 Å². The van der Waals surface area contributed by atoms with E-state index in [1.807, 2.05) is 24.3 Å². The van der Waals surface area contributed by atoms with Gasteiger partial charge in [-0.15, -0.1) is 0 Å². The molecule has 2 rings (SSSR count). The fraction of sp³-hybridized carbons (Fsp3) is 0.562. The lowest BCUT2D eigenvalue weighted by atomic mass is 9.97. The summed E-state index contributed by atoms with van der Waals surface area (Å²) in [5, 5.41) is 6.16. The molecule has 0 atom stereocenters. The van der Waals surface area contributed by atoms with Crippen LogP contribution in [-0.4, -0.2) is 44.5 Å². The minimum atomic E-state index is -0.0316. The van der Waals surface area contributed by atoms with E-state index in [1.54, 1.807) is 7.05 Å². The Morgan fingerprint density at radius 2 is 1.90 bits per heavy atom. The van der Waals surface area contributed by atoms with Crippen molar-refractivity contribution in [1.29, 1.82) is 0 Å². The largest absolute Gasteiger partial charge is 0.355 e. The molecule has 20 heavy (non-hydrogen) atoms. The summed E-state index contributed by atoms with van der Waals surface area (Å²) in [6, 6.07) is 7.80. The smallest absolute Gasteiger partial charge is 0.251 e. The molecule has 110 valence electrons. The molecule has 0 unspecified atom stereocenters. The zero-order chi connectivity index (χ0) is 14.4. The minimum Gasteiger partial charge on any atom is -0.355 e. The SMILES string of the molecule is CNC(=O)c1ccc(CNCC2CCN(C)CC2)cc1. The predicted molar refractivity (Wildman–Crippen MR) is 81.8 cm³/mol. The van der Waals surface area contributed by atoms with Gasteiger partial charge in [0.15, 0.2) is 0 Å². The number of hydrogen-bond donors (Lipinski definition) is 2. The van der Waals surface area contributed by atoms with Crippen LogP contribution in [-0.2, 0) is 6.54 Å². The minimum absolute atomic E-state index is 0.0316. The molecule has 2 N–H and O–H groups in total. The van der Waals surface area contributed by atoms with Gasteiger partial charge in [0.2, 0.25) is 0 Å². The van der Waals surface area contributed by atoms with E-state index in [0.29, 0.717) is 5.56 Å². The van der Waals surface area contributed by atoms with Crippen molar-refractivity contribution in [2.75, 3.05) is 33.7 Å². The van der Waals surface area contributed by atoms with Crippen LogP contribution in [0.15, 0.2) is 24.3 Å². The van der Waals surface area contributed by atoms with Gasteiger partial charge in [-0.3, -0.25) is 4.79 Å². The summed E-state index contributed by atoms with van der Waals surface area (Å²) in [6.45, 7) is 4.39. The van der Waals surface area contributed by atoms with Crippen molar-refractivity contribution in [3.8, 4) is 0 Å². The summed E-state index contributed by atoms with van der Waals surface area (Å²) in [5.74, 6) is 0.771. The molecular formula is C16H25N3O. The zero-order valence-corrected chi connectivity index (χ0v) is 12.5. The van der Waals surface area contributed by atoms with Crippen molar-refractivity contribution in [1.82, 2.24) is 15.5 Å². The maximum Gasteiger partial charge on any atom is 0.251 e. The van der Waals surface area contributed by atoms with Gasteiger partial charge in [0.1, 0.15) is 0 Å². The molecule has 1 fully saturated rings. The first-order chi connectivity index (χ1) is 9.69. The average molecular weight is 275 g/mol. The molecule has 4 heteroatoms. The molecule has 0 saturated carbocycles. The number of likely N-dealkylation sites (tertiary alicyclic amines) is 1. The van der Waals surface area contributed by atoms with E-state index < -0.39 is 0 Å². The van der Waals surface area contributed by atoms with E-state index in [4.69, 9.17) is 0 Å². The highest BCUT2D eigenvalue weighted by atomic mass is 16.1. The van der Waals surface area contributed by atoms with Gasteiger partial charge in [0.05, 0.1) is 0 Å². The summed E-state index contributed by atoms with van der Waals surface area (Å²) < 4.78 is 0. The molecule has 1 saturated heterocycles. The van der Waals surface area contributed by atoms with Crippen LogP contribution in [0.4, 0.5) is 0 Å². The maximum absolute atomic E-state index is 11.4. The number of carbonyl (C=O) groups excluding carboxylic acids is 1. The Hall–Kier alpha value is -1.39. The van der Waals surface area contributed by atoms with Crippen LogP contribution in [0.25, 0.3) is 0 Å². The molecule has 1 amide bonds. The lowest BCUT2D eigenvalue weighted by molar-refractivity contribution is 0.0963. The first-order valence-electron chi connectivity index (χ1n) is 7.39. The Morgan fingerprint density at radius 3 is 2.50 bits per heavy atom. The third-order valence-electron chi connectivity index (χ3n) is 4.04. The lowest BCUT2D eigenvalue weighted by Crippen LogP contribution is -2.34. The van der Waals surface area contributed by atoms with Crippen LogP contribution in [0.1, 0.15) is 28.8 Å². The predicted octanol–water partition coefficient (Wildman–Crippen LogP) is 1.48. The molecular weight excluding hydrogens is 250 g/mol. The normalized spacial score (nSPS) is 17.1. The zero-order valence-electron chi connectivity index (χ0n) is 12.5. The summed E-state index contributed by atoms with van der Waals surface area (Å²) >= 11 is 0. The van der Waals surface area contributed by atoms with Crippen LogP contribution in [0.5, 0.6) is 0 Å². The summed E-state index contributed by atoms with van der Waals surface area (Å²) in [4.78, 5) is 13.8. The van der Waals surface area contributed by atoms with Gasteiger partial charge in [-0.1, -0.05) is 12.1 Å². The molecule has 1 aliphatic rings. The van der Waals surface area contributed by atoms with Crippen LogP contribution in [0.2, 0.25) is 0 Å². The van der Waals surface area contributed by atoms with Crippen LogP contribution >= 0.6 is 0 Å². The van der Waals surface area contributed by atoms with Gasteiger partial charge in [-0.2, -0.15) is 0 Å². The molecule has 1 aromatic carbocycles. The molecule has 1 heterocycles. The number of hydrogen-bond acceptors (Lipinski definition) is 3. The highest BCUT2D eigenvalue weighted by molar-refractivity contribution is 5.93. The molecule has 0 aromatic heterocycles. The Morgan fingerprint density at radius 1 is 1.25 bits per heavy atom. The van der Waals surface area contributed by atoms with Gasteiger partial charge in [-0.25, -0.2) is 0 Å². The summed E-state index contributed by atoms with van der Waals surface area (Å²) in [5.41, 5.74) is 1.94. The number of rotatable bonds is 5. The van der Waals surface area contributed by atoms with E-state index in [9.17, 15) is 4.79 Å². The molecule has 0 radical (unpaired) electrons. The highest BCUT2D eigenvalue weighted by Crippen LogP contribution is 2.15. The van der Waals surface area contributed by atoms with Gasteiger partial charge in [0, 0.05) is 19.2 Å². The van der Waals surface area contributed by atoms with Crippen molar-refractivity contribution in [3.63, 3.8) is 0 Å². The fourth-order valence-electron chi connectivity index (χ4n) is 2.61. The first kappa shape index (κ1) is 15.0. The standard InChI is InChI=1S/C16H25N3O/c1-17-16(20)15-5-3-13(4-6-15)11-18-12-14-7-9-19(2)10-8-14/h3-6,14,18H,7-12H2,1-2H3,(H,17,20). The number of piperidine rings is 1. The van der Waals surface area contributed by atoms with Crippen LogP contribution < -0.4 is 10.6 Å². The monoisotopic (exact) mass is 275 g/mol. The van der Waals surface area contributed by atoms with Gasteiger partial charge in [0.25, 0.3) is 5.91 Å². The number of benzene rings is 1. The maximum atomic E-state index is 11.4. The lowest BCUT2D eigenvalue weighted by Gasteiger charge is -2.29. The van der Waals surface area contributed by atoms with Crippen LogP contribution in [0, 0.1) is 5.92 Å². The van der Waals surface area contributed by atoms with E-state index >= 15 is 0 Å². The molecule has 4 nitrogen and oxygen atoms in total. The third-order valence-corrected chi connectivity index (χ3v) is 4.04. The van der Waals surface area contributed by atoms with E-state index in [2.05, 4.69) is 22.6 Å². The third kappa shape index (κ3) is 4.32.